The lowest BCUT2D eigenvalue weighted by Gasteiger charge is -2.34. The highest BCUT2D eigenvalue weighted by molar-refractivity contribution is 7.10. The third kappa shape index (κ3) is 2.03. The number of nitrogens with zero attached hydrogens (tertiary/aromatic N) is 3. The minimum atomic E-state index is -0.440. The number of aliphatic hydroxyl groups excluding tert-OH is 1. The quantitative estimate of drug-likeness (QED) is 0.796. The zero-order valence-corrected chi connectivity index (χ0v) is 9.80. The van der Waals surface area contributed by atoms with E-state index in [-0.39, 0.29) is 12.4 Å². The van der Waals surface area contributed by atoms with Gasteiger partial charge in [0.15, 0.2) is 5.82 Å². The maximum absolute atomic E-state index is 9.22. The van der Waals surface area contributed by atoms with E-state index in [9.17, 15) is 5.11 Å². The molecule has 0 atom stereocenters. The summed E-state index contributed by atoms with van der Waals surface area (Å²) in [7, 11) is 1.81. The summed E-state index contributed by atoms with van der Waals surface area (Å²) in [6, 6.07) is 2.02. The highest BCUT2D eigenvalue weighted by Gasteiger charge is 2.27. The van der Waals surface area contributed by atoms with Gasteiger partial charge in [0.25, 0.3) is 0 Å². The first kappa shape index (κ1) is 11.8. The summed E-state index contributed by atoms with van der Waals surface area (Å²) < 4.78 is 3.93. The normalized spacial score (nSPS) is 11.1. The van der Waals surface area contributed by atoms with Crippen LogP contribution in [0.1, 0.15) is 19.4 Å². The molecule has 1 rings (SSSR count). The van der Waals surface area contributed by atoms with Gasteiger partial charge in [-0.1, -0.05) is 0 Å². The van der Waals surface area contributed by atoms with Crippen LogP contribution in [0.25, 0.3) is 0 Å². The maximum atomic E-state index is 9.22. The van der Waals surface area contributed by atoms with E-state index in [1.807, 2.05) is 31.9 Å². The second-order valence-electron chi connectivity index (χ2n) is 3.89. The first-order valence-electron chi connectivity index (χ1n) is 4.44. The lowest BCUT2D eigenvalue weighted by Crippen LogP contribution is -2.44. The first-order valence-corrected chi connectivity index (χ1v) is 5.21. The largest absolute Gasteiger partial charge is 0.394 e. The van der Waals surface area contributed by atoms with Gasteiger partial charge in [0.05, 0.1) is 12.1 Å². The van der Waals surface area contributed by atoms with Gasteiger partial charge in [-0.05, 0) is 25.4 Å². The number of nitrogen functional groups attached to an aromatic ring is 1. The minimum absolute atomic E-state index is 0.00776. The monoisotopic (exact) mass is 226 g/mol. The van der Waals surface area contributed by atoms with E-state index in [2.05, 4.69) is 4.37 Å². The van der Waals surface area contributed by atoms with Gasteiger partial charge in [0.2, 0.25) is 0 Å². The summed E-state index contributed by atoms with van der Waals surface area (Å²) in [4.78, 5) is 1.82. The zero-order chi connectivity index (χ0) is 11.6. The van der Waals surface area contributed by atoms with Gasteiger partial charge < -0.3 is 15.7 Å². The number of nitrogens with two attached hydrogens (primary N) is 1. The number of likely N-dealkylation sites (N-methyl/N-ethyl adjacent to an activating group) is 1. The molecule has 82 valence electrons. The number of nitriles is 1. The maximum Gasteiger partial charge on any atom is 0.157 e. The number of rotatable bonds is 3. The average Bonchev–Trinajstić information content (AvgIpc) is 2.58. The van der Waals surface area contributed by atoms with Crippen LogP contribution in [0.5, 0.6) is 0 Å². The van der Waals surface area contributed by atoms with E-state index >= 15 is 0 Å². The summed E-state index contributed by atoms with van der Waals surface area (Å²) >= 11 is 1.17. The summed E-state index contributed by atoms with van der Waals surface area (Å²) in [6.07, 6.45) is 0. The highest BCUT2D eigenvalue weighted by atomic mass is 32.1. The molecule has 0 aliphatic heterocycles. The van der Waals surface area contributed by atoms with Crippen molar-refractivity contribution in [2.24, 2.45) is 0 Å². The van der Waals surface area contributed by atoms with Crippen LogP contribution in [0.3, 0.4) is 0 Å². The Morgan fingerprint density at radius 1 is 1.67 bits per heavy atom. The minimum Gasteiger partial charge on any atom is -0.394 e. The molecule has 0 radical (unpaired) electrons. The zero-order valence-electron chi connectivity index (χ0n) is 8.98. The molecule has 1 aromatic rings. The molecule has 0 aliphatic carbocycles. The summed E-state index contributed by atoms with van der Waals surface area (Å²) in [5, 5.41) is 18.8. The second-order valence-corrected chi connectivity index (χ2v) is 4.64. The van der Waals surface area contributed by atoms with Crippen molar-refractivity contribution in [2.75, 3.05) is 24.3 Å². The van der Waals surface area contributed by atoms with E-state index < -0.39 is 5.54 Å². The Morgan fingerprint density at radius 3 is 2.73 bits per heavy atom. The lowest BCUT2D eigenvalue weighted by molar-refractivity contribution is 0.216. The van der Waals surface area contributed by atoms with Gasteiger partial charge in [-0.15, -0.1) is 0 Å². The number of aliphatic hydroxyl groups is 1. The van der Waals surface area contributed by atoms with Crippen LogP contribution < -0.4 is 10.6 Å². The van der Waals surface area contributed by atoms with Gasteiger partial charge >= 0.3 is 0 Å². The molecule has 5 nitrogen and oxygen atoms in total. The molecular formula is C9H14N4OS. The topological polar surface area (TPSA) is 86.2 Å². The van der Waals surface area contributed by atoms with Crippen molar-refractivity contribution >= 4 is 22.4 Å². The average molecular weight is 226 g/mol. The second kappa shape index (κ2) is 4.04. The predicted octanol–water partition coefficient (Wildman–Crippen LogP) is 0.804. The van der Waals surface area contributed by atoms with Gasteiger partial charge in [-0.2, -0.15) is 9.64 Å². The molecule has 0 aromatic carbocycles. The molecule has 1 heterocycles. The highest BCUT2D eigenvalue weighted by Crippen LogP contribution is 2.32. The van der Waals surface area contributed by atoms with Crippen LogP contribution in [-0.2, 0) is 0 Å². The third-order valence-electron chi connectivity index (χ3n) is 2.41. The Morgan fingerprint density at radius 2 is 2.27 bits per heavy atom. The Kier molecular flexibility index (Phi) is 3.17. The van der Waals surface area contributed by atoms with Crippen LogP contribution in [0, 0.1) is 11.3 Å². The number of hydrogen-bond acceptors (Lipinski definition) is 6. The molecule has 0 fully saturated rings. The van der Waals surface area contributed by atoms with Gasteiger partial charge in [-0.3, -0.25) is 0 Å². The van der Waals surface area contributed by atoms with Crippen LogP contribution in [0.4, 0.5) is 10.8 Å². The molecule has 6 heteroatoms. The fourth-order valence-electron chi connectivity index (χ4n) is 1.01. The van der Waals surface area contributed by atoms with Crippen LogP contribution in [-0.4, -0.2) is 28.7 Å². The molecule has 1 aromatic heterocycles. The van der Waals surface area contributed by atoms with Crippen molar-refractivity contribution in [2.45, 2.75) is 19.4 Å². The van der Waals surface area contributed by atoms with Crippen molar-refractivity contribution in [3.05, 3.63) is 5.56 Å². The fourth-order valence-corrected chi connectivity index (χ4v) is 1.90. The SMILES string of the molecule is CN(c1snc(N)c1C#N)C(C)(C)CO. The molecule has 0 unspecified atom stereocenters. The van der Waals surface area contributed by atoms with Crippen molar-refractivity contribution in [1.29, 1.82) is 5.26 Å². The van der Waals surface area contributed by atoms with E-state index in [0.717, 1.165) is 0 Å². The molecule has 15 heavy (non-hydrogen) atoms. The summed E-state index contributed by atoms with van der Waals surface area (Å²) in [5.41, 5.74) is 5.50. The van der Waals surface area contributed by atoms with E-state index in [1.165, 1.54) is 11.5 Å². The summed E-state index contributed by atoms with van der Waals surface area (Å²) in [5.74, 6) is 0.248. The van der Waals surface area contributed by atoms with E-state index in [4.69, 9.17) is 11.0 Å². The van der Waals surface area contributed by atoms with Gasteiger partial charge in [-0.25, -0.2) is 0 Å². The van der Waals surface area contributed by atoms with Crippen molar-refractivity contribution in [1.82, 2.24) is 4.37 Å². The molecule has 3 N–H and O–H groups in total. The third-order valence-corrected chi connectivity index (χ3v) is 3.35. The van der Waals surface area contributed by atoms with Crippen LogP contribution in [0.15, 0.2) is 0 Å². The predicted molar refractivity (Wildman–Crippen MR) is 60.8 cm³/mol. The lowest BCUT2D eigenvalue weighted by atomic mass is 10.1. The number of aromatic nitrogens is 1. The van der Waals surface area contributed by atoms with Crippen molar-refractivity contribution in [3.63, 3.8) is 0 Å². The molecular weight excluding hydrogens is 212 g/mol. The Hall–Kier alpha value is -1.32. The first-order chi connectivity index (χ1) is 6.94. The number of anilines is 2. The van der Waals surface area contributed by atoms with Crippen LogP contribution in [0.2, 0.25) is 0 Å². The van der Waals surface area contributed by atoms with Crippen molar-refractivity contribution < 1.29 is 5.11 Å². The molecule has 0 spiro atoms. The van der Waals surface area contributed by atoms with Gasteiger partial charge in [0.1, 0.15) is 16.6 Å². The van der Waals surface area contributed by atoms with E-state index in [1.54, 1.807) is 0 Å². The smallest absolute Gasteiger partial charge is 0.157 e. The van der Waals surface area contributed by atoms with Crippen molar-refractivity contribution in [3.8, 4) is 6.07 Å². The van der Waals surface area contributed by atoms with E-state index in [0.29, 0.717) is 10.6 Å². The Bertz CT molecular complexity index is 393. The molecule has 0 bridgehead atoms. The molecule has 0 saturated heterocycles. The standard InChI is InChI=1S/C9H14N4OS/c1-9(2,5-14)13(3)8-6(4-10)7(11)12-15-8/h14H,5H2,1-3H3,(H2,11,12). The summed E-state index contributed by atoms with van der Waals surface area (Å²) in [6.45, 7) is 3.75. The Labute approximate surface area is 92.9 Å². The number of hydrogen-bond donors (Lipinski definition) is 2. The fraction of sp³-hybridized carbons (Fsp3) is 0.556. The van der Waals surface area contributed by atoms with Crippen LogP contribution >= 0.6 is 11.5 Å². The Balaban J connectivity index is 3.13. The molecule has 0 aliphatic rings. The van der Waals surface area contributed by atoms with Gasteiger partial charge in [0, 0.05) is 7.05 Å². The molecule has 0 amide bonds. The molecule has 0 saturated carbocycles.